The number of ether oxygens (including phenoxy) is 2. The van der Waals surface area contributed by atoms with Crippen molar-refractivity contribution in [2.75, 3.05) is 39.5 Å². The maximum absolute atomic E-state index is 5.93. The van der Waals surface area contributed by atoms with Crippen molar-refractivity contribution in [3.8, 4) is 11.6 Å². The van der Waals surface area contributed by atoms with Crippen LogP contribution < -0.4 is 4.74 Å². The van der Waals surface area contributed by atoms with Gasteiger partial charge in [0.05, 0.1) is 25.1 Å². The largest absolute Gasteiger partial charge is 0.476 e. The first kappa shape index (κ1) is 20.9. The van der Waals surface area contributed by atoms with E-state index in [4.69, 9.17) is 9.47 Å². The Morgan fingerprint density at radius 3 is 2.45 bits per heavy atom. The maximum Gasteiger partial charge on any atom is 0.216 e. The van der Waals surface area contributed by atoms with Gasteiger partial charge in [0, 0.05) is 32.7 Å². The van der Waals surface area contributed by atoms with E-state index in [0.717, 1.165) is 44.4 Å². The van der Waals surface area contributed by atoms with E-state index in [1.165, 1.54) is 16.6 Å². The van der Waals surface area contributed by atoms with Crippen molar-refractivity contribution in [1.82, 2.24) is 34.9 Å². The number of nitrogens with zero attached hydrogens (tertiary/aromatic N) is 7. The van der Waals surface area contributed by atoms with Gasteiger partial charge in [-0.2, -0.15) is 5.10 Å². The Balaban J connectivity index is 0.000000343. The molecule has 0 atom stereocenters. The van der Waals surface area contributed by atoms with Gasteiger partial charge in [-0.3, -0.25) is 4.90 Å². The highest BCUT2D eigenvalue weighted by atomic mass is 16.5. The van der Waals surface area contributed by atoms with Crippen LogP contribution in [0.15, 0.2) is 42.9 Å². The lowest BCUT2D eigenvalue weighted by Crippen LogP contribution is -2.38. The zero-order chi connectivity index (χ0) is 20.5. The number of morpholine rings is 1. The smallest absolute Gasteiger partial charge is 0.216 e. The molecule has 156 valence electrons. The molecule has 1 saturated heterocycles. The Bertz CT molecular complexity index is 825. The second-order valence-electron chi connectivity index (χ2n) is 7.11. The van der Waals surface area contributed by atoms with E-state index in [9.17, 15) is 0 Å². The molecule has 9 nitrogen and oxygen atoms in total. The third-order valence-corrected chi connectivity index (χ3v) is 4.62. The van der Waals surface area contributed by atoms with Crippen LogP contribution in [0.25, 0.3) is 5.69 Å². The van der Waals surface area contributed by atoms with Crippen molar-refractivity contribution in [3.63, 3.8) is 0 Å². The fourth-order valence-electron chi connectivity index (χ4n) is 2.91. The van der Waals surface area contributed by atoms with Gasteiger partial charge in [-0.25, -0.2) is 9.36 Å². The summed E-state index contributed by atoms with van der Waals surface area (Å²) in [6.45, 7) is 9.58. The normalized spacial score (nSPS) is 14.5. The second kappa shape index (κ2) is 10.7. The lowest BCUT2D eigenvalue weighted by Gasteiger charge is -2.26. The summed E-state index contributed by atoms with van der Waals surface area (Å²) >= 11 is 0. The maximum atomic E-state index is 5.93. The van der Waals surface area contributed by atoms with Crippen molar-refractivity contribution in [3.05, 3.63) is 48.4 Å². The van der Waals surface area contributed by atoms with Gasteiger partial charge < -0.3 is 9.47 Å². The topological polar surface area (TPSA) is 83.1 Å². The van der Waals surface area contributed by atoms with Gasteiger partial charge in [0.15, 0.2) is 0 Å². The molecule has 4 rings (SSSR count). The van der Waals surface area contributed by atoms with Crippen molar-refractivity contribution in [2.45, 2.75) is 19.8 Å². The van der Waals surface area contributed by atoms with Gasteiger partial charge in [-0.05, 0) is 34.0 Å². The molecule has 0 saturated carbocycles. The fourth-order valence-corrected chi connectivity index (χ4v) is 2.91. The third-order valence-electron chi connectivity index (χ3n) is 4.62. The Hall–Kier alpha value is -2.78. The van der Waals surface area contributed by atoms with Crippen LogP contribution in [0.1, 0.15) is 25.3 Å². The van der Waals surface area contributed by atoms with Crippen LogP contribution in [0.3, 0.4) is 0 Å². The number of rotatable bonds is 6. The summed E-state index contributed by atoms with van der Waals surface area (Å²) in [7, 11) is 1.76. The van der Waals surface area contributed by atoms with Gasteiger partial charge in [0.2, 0.25) is 5.88 Å². The first-order valence-corrected chi connectivity index (χ1v) is 9.87. The standard InChI is InChI=1S/C18H25N3O2.C2H4N4/c1-15(2)16-3-5-17(6-4-16)21-18(7-8-19-21)23-14-11-20-9-12-22-13-10-20;1-6-2-3-4-5-6/h3-8,15H,9-14H2,1-2H3;2H,1H3. The molecule has 1 aromatic carbocycles. The third kappa shape index (κ3) is 6.37. The Morgan fingerprint density at radius 1 is 1.10 bits per heavy atom. The van der Waals surface area contributed by atoms with Crippen LogP contribution >= 0.6 is 0 Å². The number of aromatic nitrogens is 6. The molecule has 29 heavy (non-hydrogen) atoms. The Kier molecular flexibility index (Phi) is 7.71. The average Bonchev–Trinajstić information content (AvgIpc) is 3.41. The molecule has 2 aromatic heterocycles. The van der Waals surface area contributed by atoms with Crippen LogP contribution in [0.4, 0.5) is 0 Å². The number of tetrazole rings is 1. The molecule has 0 spiro atoms. The van der Waals surface area contributed by atoms with Crippen LogP contribution in [0, 0.1) is 0 Å². The molecular formula is C20H29N7O2. The number of hydrogen-bond donors (Lipinski definition) is 0. The molecule has 0 amide bonds. The molecule has 0 radical (unpaired) electrons. The van der Waals surface area contributed by atoms with Gasteiger partial charge in [0.25, 0.3) is 0 Å². The van der Waals surface area contributed by atoms with Crippen LogP contribution in [-0.2, 0) is 11.8 Å². The fraction of sp³-hybridized carbons (Fsp3) is 0.500. The van der Waals surface area contributed by atoms with Gasteiger partial charge in [-0.1, -0.05) is 26.0 Å². The molecule has 1 fully saturated rings. The first-order chi connectivity index (χ1) is 14.1. The van der Waals surface area contributed by atoms with Crippen molar-refractivity contribution in [2.24, 2.45) is 7.05 Å². The quantitative estimate of drug-likeness (QED) is 0.626. The molecule has 3 aromatic rings. The Labute approximate surface area is 171 Å². The average molecular weight is 399 g/mol. The molecule has 3 heterocycles. The number of aryl methyl sites for hydroxylation is 1. The minimum atomic E-state index is 0.533. The first-order valence-electron chi connectivity index (χ1n) is 9.87. The summed E-state index contributed by atoms with van der Waals surface area (Å²) in [5, 5.41) is 14.6. The lowest BCUT2D eigenvalue weighted by atomic mass is 10.0. The summed E-state index contributed by atoms with van der Waals surface area (Å²) in [4.78, 5) is 2.36. The molecule has 0 bridgehead atoms. The predicted molar refractivity (Wildman–Crippen MR) is 109 cm³/mol. The van der Waals surface area contributed by atoms with Crippen molar-refractivity contribution >= 4 is 0 Å². The summed E-state index contributed by atoms with van der Waals surface area (Å²) in [5.41, 5.74) is 2.36. The predicted octanol–water partition coefficient (Wildman–Crippen LogP) is 1.92. The lowest BCUT2D eigenvalue weighted by molar-refractivity contribution is 0.0318. The minimum absolute atomic E-state index is 0.533. The van der Waals surface area contributed by atoms with Gasteiger partial charge in [0.1, 0.15) is 12.9 Å². The van der Waals surface area contributed by atoms with Gasteiger partial charge in [-0.15, -0.1) is 5.10 Å². The zero-order valence-corrected chi connectivity index (χ0v) is 17.3. The van der Waals surface area contributed by atoms with Crippen molar-refractivity contribution in [1.29, 1.82) is 0 Å². The summed E-state index contributed by atoms with van der Waals surface area (Å²) in [6.07, 6.45) is 3.31. The molecule has 0 unspecified atom stereocenters. The van der Waals surface area contributed by atoms with Crippen LogP contribution in [0.5, 0.6) is 5.88 Å². The van der Waals surface area contributed by atoms with E-state index in [2.05, 4.69) is 63.6 Å². The van der Waals surface area contributed by atoms with E-state index in [0.29, 0.717) is 12.5 Å². The van der Waals surface area contributed by atoms with E-state index < -0.39 is 0 Å². The van der Waals surface area contributed by atoms with Crippen LogP contribution in [0.2, 0.25) is 0 Å². The number of hydrogen-bond acceptors (Lipinski definition) is 7. The molecule has 0 N–H and O–H groups in total. The molecule has 0 aliphatic carbocycles. The van der Waals surface area contributed by atoms with E-state index in [1.807, 2.05) is 10.7 Å². The summed E-state index contributed by atoms with van der Waals surface area (Å²) in [6, 6.07) is 10.4. The summed E-state index contributed by atoms with van der Waals surface area (Å²) in [5.74, 6) is 1.32. The highest BCUT2D eigenvalue weighted by molar-refractivity contribution is 5.37. The monoisotopic (exact) mass is 399 g/mol. The van der Waals surface area contributed by atoms with E-state index in [1.54, 1.807) is 13.2 Å². The highest BCUT2D eigenvalue weighted by Crippen LogP contribution is 2.20. The Morgan fingerprint density at radius 2 is 1.86 bits per heavy atom. The van der Waals surface area contributed by atoms with Crippen molar-refractivity contribution < 1.29 is 9.47 Å². The second-order valence-corrected chi connectivity index (χ2v) is 7.11. The number of benzene rings is 1. The zero-order valence-electron chi connectivity index (χ0n) is 17.3. The van der Waals surface area contributed by atoms with Gasteiger partial charge >= 0.3 is 0 Å². The summed E-state index contributed by atoms with van der Waals surface area (Å²) < 4.78 is 14.7. The molecule has 1 aliphatic heterocycles. The minimum Gasteiger partial charge on any atom is -0.476 e. The van der Waals surface area contributed by atoms with E-state index in [-0.39, 0.29) is 0 Å². The van der Waals surface area contributed by atoms with Crippen LogP contribution in [-0.4, -0.2) is 74.3 Å². The molecular weight excluding hydrogens is 370 g/mol. The molecule has 1 aliphatic rings. The molecule has 9 heteroatoms. The van der Waals surface area contributed by atoms with E-state index >= 15 is 0 Å². The highest BCUT2D eigenvalue weighted by Gasteiger charge is 2.11. The SMILES string of the molecule is CC(C)c1ccc(-n2nccc2OCCN2CCOCC2)cc1.Cn1cnnn1.